The summed E-state index contributed by atoms with van der Waals surface area (Å²) in [7, 11) is 0. The zero-order valence-electron chi connectivity index (χ0n) is 10.1. The van der Waals surface area contributed by atoms with Gasteiger partial charge in [0, 0.05) is 24.7 Å². The van der Waals surface area contributed by atoms with Crippen molar-refractivity contribution >= 4 is 11.3 Å². The lowest BCUT2D eigenvalue weighted by Crippen LogP contribution is -2.40. The fourth-order valence-corrected chi connectivity index (χ4v) is 2.12. The summed E-state index contributed by atoms with van der Waals surface area (Å²) in [6.07, 6.45) is 0. The molecule has 3 heteroatoms. The van der Waals surface area contributed by atoms with E-state index in [0.29, 0.717) is 6.04 Å². The van der Waals surface area contributed by atoms with Gasteiger partial charge in [-0.05, 0) is 50.1 Å². The highest BCUT2D eigenvalue weighted by Gasteiger charge is 2.08. The normalized spacial score (nSPS) is 14.1. The summed E-state index contributed by atoms with van der Waals surface area (Å²) < 4.78 is 0. The largest absolute Gasteiger partial charge is 0.311 e. The Morgan fingerprint density at radius 2 is 2.07 bits per heavy atom. The topological polar surface area (TPSA) is 24.1 Å². The third-order valence-electron chi connectivity index (χ3n) is 2.27. The maximum Gasteiger partial charge on any atom is 0.0300 e. The van der Waals surface area contributed by atoms with Crippen LogP contribution >= 0.6 is 11.3 Å². The Labute approximate surface area is 97.1 Å². The molecule has 0 spiro atoms. The highest BCUT2D eigenvalue weighted by atomic mass is 32.1. The summed E-state index contributed by atoms with van der Waals surface area (Å²) in [5.41, 5.74) is 1.60. The molecular formula is C12H22N2S. The van der Waals surface area contributed by atoms with Gasteiger partial charge in [0.1, 0.15) is 0 Å². The molecule has 1 heterocycles. The molecule has 0 fully saturated rings. The minimum absolute atomic E-state index is 0.216. The maximum atomic E-state index is 3.50. The van der Waals surface area contributed by atoms with E-state index in [0.717, 1.165) is 13.1 Å². The Kier molecular flexibility index (Phi) is 4.77. The Morgan fingerprint density at radius 3 is 2.60 bits per heavy atom. The van der Waals surface area contributed by atoms with Crippen molar-refractivity contribution < 1.29 is 0 Å². The third kappa shape index (κ3) is 5.30. The summed E-state index contributed by atoms with van der Waals surface area (Å²) in [6.45, 7) is 10.8. The van der Waals surface area contributed by atoms with Crippen molar-refractivity contribution in [3.63, 3.8) is 0 Å². The van der Waals surface area contributed by atoms with Crippen LogP contribution in [-0.4, -0.2) is 18.6 Å². The molecule has 0 saturated carbocycles. The van der Waals surface area contributed by atoms with Crippen LogP contribution in [0.3, 0.4) is 0 Å². The van der Waals surface area contributed by atoms with E-state index < -0.39 is 0 Å². The molecule has 1 unspecified atom stereocenters. The van der Waals surface area contributed by atoms with E-state index in [1.54, 1.807) is 11.3 Å². The molecule has 0 radical (unpaired) electrons. The van der Waals surface area contributed by atoms with Gasteiger partial charge in [0.05, 0.1) is 0 Å². The molecule has 1 rings (SSSR count). The quantitative estimate of drug-likeness (QED) is 0.754. The van der Waals surface area contributed by atoms with Gasteiger partial charge in [-0.3, -0.25) is 0 Å². The van der Waals surface area contributed by atoms with Crippen molar-refractivity contribution in [2.45, 2.75) is 39.3 Å². The second-order valence-electron chi connectivity index (χ2n) is 4.91. The molecule has 1 aromatic rings. The number of hydrogen-bond acceptors (Lipinski definition) is 3. The van der Waals surface area contributed by atoms with E-state index in [-0.39, 0.29) is 5.54 Å². The van der Waals surface area contributed by atoms with Crippen LogP contribution in [0.2, 0.25) is 0 Å². The van der Waals surface area contributed by atoms with Crippen molar-refractivity contribution in [2.75, 3.05) is 13.1 Å². The molecule has 0 amide bonds. The SMILES string of the molecule is CC(NCCNC(C)(C)C)c1ccsc1. The van der Waals surface area contributed by atoms with E-state index >= 15 is 0 Å². The minimum Gasteiger partial charge on any atom is -0.311 e. The van der Waals surface area contributed by atoms with Crippen molar-refractivity contribution in [2.24, 2.45) is 0 Å². The molecule has 86 valence electrons. The predicted octanol–water partition coefficient (Wildman–Crippen LogP) is 2.79. The van der Waals surface area contributed by atoms with Crippen LogP contribution in [0.1, 0.15) is 39.3 Å². The van der Waals surface area contributed by atoms with Crippen LogP contribution in [0.25, 0.3) is 0 Å². The highest BCUT2D eigenvalue weighted by molar-refractivity contribution is 7.07. The average Bonchev–Trinajstić information content (AvgIpc) is 2.63. The molecule has 0 saturated heterocycles. The predicted molar refractivity (Wildman–Crippen MR) is 68.5 cm³/mol. The van der Waals surface area contributed by atoms with Crippen molar-refractivity contribution in [3.05, 3.63) is 22.4 Å². The van der Waals surface area contributed by atoms with E-state index in [9.17, 15) is 0 Å². The molecule has 1 atom stereocenters. The van der Waals surface area contributed by atoms with Crippen molar-refractivity contribution in [1.29, 1.82) is 0 Å². The van der Waals surface area contributed by atoms with Gasteiger partial charge in [-0.2, -0.15) is 11.3 Å². The first-order valence-corrected chi connectivity index (χ1v) is 6.44. The smallest absolute Gasteiger partial charge is 0.0300 e. The summed E-state index contributed by atoms with van der Waals surface area (Å²) in [5, 5.41) is 11.3. The standard InChI is InChI=1S/C12H22N2S/c1-10(11-5-8-15-9-11)13-6-7-14-12(2,3)4/h5,8-10,13-14H,6-7H2,1-4H3. The average molecular weight is 226 g/mol. The highest BCUT2D eigenvalue weighted by Crippen LogP contribution is 2.14. The second kappa shape index (κ2) is 5.64. The van der Waals surface area contributed by atoms with Crippen LogP contribution < -0.4 is 10.6 Å². The van der Waals surface area contributed by atoms with Gasteiger partial charge in [-0.15, -0.1) is 0 Å². The fourth-order valence-electron chi connectivity index (χ4n) is 1.37. The molecule has 0 aliphatic heterocycles. The summed E-state index contributed by atoms with van der Waals surface area (Å²) in [4.78, 5) is 0. The first kappa shape index (κ1) is 12.7. The van der Waals surface area contributed by atoms with Crippen LogP contribution in [0, 0.1) is 0 Å². The van der Waals surface area contributed by atoms with Crippen LogP contribution in [0.5, 0.6) is 0 Å². The Hall–Kier alpha value is -0.380. The zero-order chi connectivity index (χ0) is 11.3. The first-order chi connectivity index (χ1) is 6.99. The van der Waals surface area contributed by atoms with E-state index in [2.05, 4.69) is 55.2 Å². The Balaban J connectivity index is 2.16. The molecule has 0 bridgehead atoms. The van der Waals surface area contributed by atoms with E-state index in [1.807, 2.05) is 0 Å². The molecular weight excluding hydrogens is 204 g/mol. The van der Waals surface area contributed by atoms with Crippen LogP contribution in [0.4, 0.5) is 0 Å². The molecule has 2 nitrogen and oxygen atoms in total. The molecule has 15 heavy (non-hydrogen) atoms. The number of rotatable bonds is 5. The number of nitrogens with one attached hydrogen (secondary N) is 2. The van der Waals surface area contributed by atoms with Crippen molar-refractivity contribution in [3.8, 4) is 0 Å². The molecule has 1 aromatic heterocycles. The van der Waals surface area contributed by atoms with Gasteiger partial charge in [-0.25, -0.2) is 0 Å². The lowest BCUT2D eigenvalue weighted by atomic mass is 10.1. The Morgan fingerprint density at radius 1 is 1.33 bits per heavy atom. The van der Waals surface area contributed by atoms with Gasteiger partial charge in [0.15, 0.2) is 0 Å². The molecule has 0 aromatic carbocycles. The molecule has 2 N–H and O–H groups in total. The Bertz CT molecular complexity index is 262. The molecule has 0 aliphatic carbocycles. The fraction of sp³-hybridized carbons (Fsp3) is 0.667. The second-order valence-corrected chi connectivity index (χ2v) is 5.69. The molecule has 0 aliphatic rings. The third-order valence-corrected chi connectivity index (χ3v) is 2.98. The van der Waals surface area contributed by atoms with Gasteiger partial charge < -0.3 is 10.6 Å². The van der Waals surface area contributed by atoms with Gasteiger partial charge in [-0.1, -0.05) is 0 Å². The van der Waals surface area contributed by atoms with E-state index in [4.69, 9.17) is 0 Å². The van der Waals surface area contributed by atoms with E-state index in [1.165, 1.54) is 5.56 Å². The lowest BCUT2D eigenvalue weighted by Gasteiger charge is -2.21. The van der Waals surface area contributed by atoms with Crippen LogP contribution in [0.15, 0.2) is 16.8 Å². The van der Waals surface area contributed by atoms with Gasteiger partial charge in [0.25, 0.3) is 0 Å². The van der Waals surface area contributed by atoms with Crippen molar-refractivity contribution in [1.82, 2.24) is 10.6 Å². The number of thiophene rings is 1. The number of hydrogen-bond donors (Lipinski definition) is 2. The van der Waals surface area contributed by atoms with Crippen LogP contribution in [-0.2, 0) is 0 Å². The summed E-state index contributed by atoms with van der Waals surface area (Å²) >= 11 is 1.76. The lowest BCUT2D eigenvalue weighted by molar-refractivity contribution is 0.414. The zero-order valence-corrected chi connectivity index (χ0v) is 10.9. The van der Waals surface area contributed by atoms with Gasteiger partial charge >= 0.3 is 0 Å². The summed E-state index contributed by atoms with van der Waals surface area (Å²) in [5.74, 6) is 0. The first-order valence-electron chi connectivity index (χ1n) is 5.49. The minimum atomic E-state index is 0.216. The van der Waals surface area contributed by atoms with Gasteiger partial charge in [0.2, 0.25) is 0 Å². The monoisotopic (exact) mass is 226 g/mol. The maximum absolute atomic E-state index is 3.50. The summed E-state index contributed by atoms with van der Waals surface area (Å²) in [6, 6.07) is 2.64.